The van der Waals surface area contributed by atoms with Crippen molar-refractivity contribution in [3.05, 3.63) is 18.2 Å². The van der Waals surface area contributed by atoms with Crippen LogP contribution < -0.4 is 5.73 Å². The molecule has 0 aliphatic heterocycles. The molecule has 2 aromatic heterocycles. The lowest BCUT2D eigenvalue weighted by Crippen LogP contribution is -2.12. The Kier molecular flexibility index (Phi) is 1.50. The van der Waals surface area contributed by atoms with Crippen LogP contribution in [0.1, 0.15) is 30.9 Å². The molecule has 0 saturated heterocycles. The molecule has 3 rings (SSSR count). The van der Waals surface area contributed by atoms with Gasteiger partial charge < -0.3 is 10.2 Å². The molecule has 0 spiro atoms. The predicted molar refractivity (Wildman–Crippen MR) is 52.8 cm³/mol. The van der Waals surface area contributed by atoms with Crippen molar-refractivity contribution in [1.29, 1.82) is 0 Å². The van der Waals surface area contributed by atoms with Crippen molar-refractivity contribution in [2.24, 2.45) is 0 Å². The number of fused-ring (bicyclic) bond motifs is 1. The highest BCUT2D eigenvalue weighted by molar-refractivity contribution is 5.73. The monoisotopic (exact) mass is 189 g/mol. The van der Waals surface area contributed by atoms with Gasteiger partial charge in [-0.1, -0.05) is 6.42 Å². The number of nitrogens with zero attached hydrogens (tertiary/aromatic N) is 2. The Morgan fingerprint density at radius 3 is 3.00 bits per heavy atom. The summed E-state index contributed by atoms with van der Waals surface area (Å²) in [6.07, 6.45) is 5.07. The Morgan fingerprint density at radius 1 is 1.43 bits per heavy atom. The van der Waals surface area contributed by atoms with Crippen LogP contribution in [0.15, 0.2) is 16.9 Å². The summed E-state index contributed by atoms with van der Waals surface area (Å²) in [5.74, 6) is 0.532. The fourth-order valence-corrected chi connectivity index (χ4v) is 1.84. The fourth-order valence-electron chi connectivity index (χ4n) is 1.84. The molecule has 2 heterocycles. The Hall–Kier alpha value is -1.58. The second-order valence-electron chi connectivity index (χ2n) is 3.77. The van der Waals surface area contributed by atoms with Crippen LogP contribution in [0.5, 0.6) is 0 Å². The molecule has 0 aromatic carbocycles. The fraction of sp³-hybridized carbons (Fsp3) is 0.400. The number of pyridine rings is 1. The molecule has 0 unspecified atom stereocenters. The smallest absolute Gasteiger partial charge is 0.247 e. The van der Waals surface area contributed by atoms with Gasteiger partial charge in [-0.25, -0.2) is 9.97 Å². The number of aromatic nitrogens is 2. The highest BCUT2D eigenvalue weighted by atomic mass is 16.3. The number of hydrogen-bond donors (Lipinski definition) is 1. The lowest BCUT2D eigenvalue weighted by atomic mass is 9.82. The van der Waals surface area contributed by atoms with Gasteiger partial charge in [0, 0.05) is 5.92 Å². The van der Waals surface area contributed by atoms with E-state index >= 15 is 0 Å². The van der Waals surface area contributed by atoms with E-state index in [1.165, 1.54) is 25.7 Å². The van der Waals surface area contributed by atoms with Crippen LogP contribution in [0, 0.1) is 0 Å². The Morgan fingerprint density at radius 2 is 2.29 bits per heavy atom. The van der Waals surface area contributed by atoms with E-state index in [4.69, 9.17) is 10.2 Å². The van der Waals surface area contributed by atoms with Gasteiger partial charge in [0.05, 0.1) is 11.4 Å². The topological polar surface area (TPSA) is 64.9 Å². The predicted octanol–water partition coefficient (Wildman–Crippen LogP) is 2.07. The average Bonchev–Trinajstić information content (AvgIpc) is 2.48. The second-order valence-corrected chi connectivity index (χ2v) is 3.77. The van der Waals surface area contributed by atoms with E-state index in [1.807, 2.05) is 6.07 Å². The third-order valence-electron chi connectivity index (χ3n) is 2.88. The molecular formula is C10H11N3O. The third-order valence-corrected chi connectivity index (χ3v) is 2.88. The van der Waals surface area contributed by atoms with Crippen molar-refractivity contribution in [3.63, 3.8) is 0 Å². The Balaban J connectivity index is 2.16. The molecule has 4 nitrogen and oxygen atoms in total. The molecular weight excluding hydrogens is 178 g/mol. The molecule has 1 aliphatic rings. The van der Waals surface area contributed by atoms with Crippen molar-refractivity contribution in [2.75, 3.05) is 5.73 Å². The van der Waals surface area contributed by atoms with E-state index in [-0.39, 0.29) is 0 Å². The maximum Gasteiger partial charge on any atom is 0.247 e. The van der Waals surface area contributed by atoms with Crippen molar-refractivity contribution in [3.8, 4) is 0 Å². The van der Waals surface area contributed by atoms with Crippen molar-refractivity contribution >= 4 is 16.9 Å². The van der Waals surface area contributed by atoms with Gasteiger partial charge in [0.25, 0.3) is 0 Å². The van der Waals surface area contributed by atoms with Crippen LogP contribution in [0.25, 0.3) is 11.2 Å². The zero-order chi connectivity index (χ0) is 9.54. The normalized spacial score (nSPS) is 17.1. The van der Waals surface area contributed by atoms with E-state index in [1.54, 1.807) is 0 Å². The average molecular weight is 189 g/mol. The first-order valence-corrected chi connectivity index (χ1v) is 4.84. The summed E-state index contributed by atoms with van der Waals surface area (Å²) in [6.45, 7) is 0. The molecule has 2 N–H and O–H groups in total. The van der Waals surface area contributed by atoms with Gasteiger partial charge in [0.1, 0.15) is 5.52 Å². The number of oxazole rings is 1. The molecule has 0 bridgehead atoms. The summed E-state index contributed by atoms with van der Waals surface area (Å²) in [6, 6.07) is 1.85. The van der Waals surface area contributed by atoms with Gasteiger partial charge in [-0.15, -0.1) is 0 Å². The van der Waals surface area contributed by atoms with Gasteiger partial charge in [-0.3, -0.25) is 0 Å². The summed E-state index contributed by atoms with van der Waals surface area (Å²) in [7, 11) is 0. The number of anilines is 1. The van der Waals surface area contributed by atoms with E-state index in [9.17, 15) is 0 Å². The van der Waals surface area contributed by atoms with Crippen LogP contribution in [-0.2, 0) is 0 Å². The Labute approximate surface area is 81.1 Å². The van der Waals surface area contributed by atoms with Gasteiger partial charge in [-0.2, -0.15) is 0 Å². The molecule has 4 heteroatoms. The molecule has 2 aromatic rings. The van der Waals surface area contributed by atoms with Gasteiger partial charge >= 0.3 is 0 Å². The van der Waals surface area contributed by atoms with Gasteiger partial charge in [-0.05, 0) is 18.9 Å². The van der Waals surface area contributed by atoms with E-state index in [0.29, 0.717) is 11.6 Å². The van der Waals surface area contributed by atoms with Crippen LogP contribution in [0.2, 0.25) is 0 Å². The maximum absolute atomic E-state index is 5.91. The Bertz CT molecular complexity index is 473. The van der Waals surface area contributed by atoms with E-state index in [0.717, 1.165) is 16.9 Å². The van der Waals surface area contributed by atoms with Crippen molar-refractivity contribution in [1.82, 2.24) is 9.97 Å². The summed E-state index contributed by atoms with van der Waals surface area (Å²) in [5.41, 5.74) is 8.98. The van der Waals surface area contributed by atoms with Crippen LogP contribution >= 0.6 is 0 Å². The number of nitrogen functional groups attached to an aromatic ring is 1. The first-order chi connectivity index (χ1) is 6.84. The lowest BCUT2D eigenvalue weighted by molar-refractivity contribution is 0.412. The quantitative estimate of drug-likeness (QED) is 0.745. The minimum absolute atomic E-state index is 0.532. The zero-order valence-electron chi connectivity index (χ0n) is 7.73. The molecule has 0 atom stereocenters. The van der Waals surface area contributed by atoms with Crippen molar-refractivity contribution in [2.45, 2.75) is 25.2 Å². The van der Waals surface area contributed by atoms with Gasteiger partial charge in [0.2, 0.25) is 5.71 Å². The molecule has 72 valence electrons. The molecule has 1 aliphatic carbocycles. The number of rotatable bonds is 1. The summed E-state index contributed by atoms with van der Waals surface area (Å²) in [4.78, 5) is 8.42. The third kappa shape index (κ3) is 0.999. The maximum atomic E-state index is 5.91. The SMILES string of the molecule is Nc1cc2ncoc2nc1C1CCC1. The first kappa shape index (κ1) is 7.79. The summed E-state index contributed by atoms with van der Waals surface area (Å²) >= 11 is 0. The van der Waals surface area contributed by atoms with E-state index in [2.05, 4.69) is 9.97 Å². The second kappa shape index (κ2) is 2.70. The zero-order valence-corrected chi connectivity index (χ0v) is 7.73. The molecule has 0 amide bonds. The minimum Gasteiger partial charge on any atom is -0.425 e. The van der Waals surface area contributed by atoms with Crippen LogP contribution in [-0.4, -0.2) is 9.97 Å². The van der Waals surface area contributed by atoms with Crippen LogP contribution in [0.3, 0.4) is 0 Å². The standard InChI is InChI=1S/C10H11N3O/c11-7-4-8-10(14-5-12-8)13-9(7)6-2-1-3-6/h4-6H,1-3,11H2. The molecule has 0 radical (unpaired) electrons. The van der Waals surface area contributed by atoms with E-state index < -0.39 is 0 Å². The highest BCUT2D eigenvalue weighted by Crippen LogP contribution is 2.38. The summed E-state index contributed by atoms with van der Waals surface area (Å²) < 4.78 is 5.15. The van der Waals surface area contributed by atoms with Gasteiger partial charge in [0.15, 0.2) is 6.39 Å². The molecule has 1 fully saturated rings. The number of nitrogens with two attached hydrogens (primary N) is 1. The molecule has 1 saturated carbocycles. The highest BCUT2D eigenvalue weighted by Gasteiger charge is 2.23. The minimum atomic E-state index is 0.532. The lowest BCUT2D eigenvalue weighted by Gasteiger charge is -2.25. The van der Waals surface area contributed by atoms with Crippen LogP contribution in [0.4, 0.5) is 5.69 Å². The van der Waals surface area contributed by atoms with Crippen molar-refractivity contribution < 1.29 is 4.42 Å². The first-order valence-electron chi connectivity index (χ1n) is 4.84. The summed E-state index contributed by atoms with van der Waals surface area (Å²) in [5, 5.41) is 0. The number of hydrogen-bond acceptors (Lipinski definition) is 4. The molecule has 14 heavy (non-hydrogen) atoms. The largest absolute Gasteiger partial charge is 0.425 e.